The van der Waals surface area contributed by atoms with Crippen LogP contribution < -0.4 is 10.6 Å². The van der Waals surface area contributed by atoms with Crippen LogP contribution in [0.25, 0.3) is 0 Å². The molecule has 1 unspecified atom stereocenters. The number of carboxylic acid groups (broad SMARTS) is 1. The number of carbonyl (C=O) groups excluding carboxylic acids is 2. The first-order valence-electron chi connectivity index (χ1n) is 9.94. The molecule has 0 amide bonds. The minimum Gasteiger partial charge on any atom is -0.481 e. The molecule has 174 valence electrons. The molecule has 1 atom stereocenters. The van der Waals surface area contributed by atoms with Crippen molar-refractivity contribution in [2.24, 2.45) is 5.73 Å². The lowest BCUT2D eigenvalue weighted by atomic mass is 9.81. The van der Waals surface area contributed by atoms with E-state index >= 15 is 0 Å². The quantitative estimate of drug-likeness (QED) is 0.449. The van der Waals surface area contributed by atoms with Crippen molar-refractivity contribution in [3.63, 3.8) is 0 Å². The number of hydrogen-bond acceptors (Lipinski definition) is 9. The van der Waals surface area contributed by atoms with Crippen LogP contribution in [0.3, 0.4) is 0 Å². The maximum Gasteiger partial charge on any atom is 0.355 e. The van der Waals surface area contributed by atoms with Crippen molar-refractivity contribution < 1.29 is 29.0 Å². The molecule has 0 saturated carbocycles. The molecule has 0 saturated heterocycles. The second kappa shape index (κ2) is 10.6. The summed E-state index contributed by atoms with van der Waals surface area (Å²) in [6.45, 7) is 0. The molecule has 0 radical (unpaired) electrons. The van der Waals surface area contributed by atoms with E-state index in [0.717, 1.165) is 11.8 Å². The summed E-state index contributed by atoms with van der Waals surface area (Å²) in [6.07, 6.45) is 0. The highest BCUT2D eigenvalue weighted by atomic mass is 32.2. The predicted molar refractivity (Wildman–Crippen MR) is 124 cm³/mol. The van der Waals surface area contributed by atoms with Gasteiger partial charge in [0.2, 0.25) is 0 Å². The molecule has 2 aromatic carbocycles. The third-order valence-electron chi connectivity index (χ3n) is 5.07. The van der Waals surface area contributed by atoms with Gasteiger partial charge in [0.15, 0.2) is 0 Å². The van der Waals surface area contributed by atoms with Crippen LogP contribution in [0.1, 0.15) is 11.5 Å². The summed E-state index contributed by atoms with van der Waals surface area (Å²) in [7, 11) is 2.35. The van der Waals surface area contributed by atoms with Crippen molar-refractivity contribution in [1.29, 1.82) is 5.26 Å². The van der Waals surface area contributed by atoms with Gasteiger partial charge >= 0.3 is 17.9 Å². The first-order chi connectivity index (χ1) is 16.3. The van der Waals surface area contributed by atoms with E-state index in [1.54, 1.807) is 54.6 Å². The third-order valence-corrected chi connectivity index (χ3v) is 6.06. The van der Waals surface area contributed by atoms with E-state index in [1.807, 2.05) is 0 Å². The molecular weight excluding hydrogens is 458 g/mol. The molecule has 0 fully saturated rings. The van der Waals surface area contributed by atoms with Crippen LogP contribution in [0.5, 0.6) is 0 Å². The predicted octanol–water partition coefficient (Wildman–Crippen LogP) is 2.76. The first-order valence-corrected chi connectivity index (χ1v) is 10.9. The van der Waals surface area contributed by atoms with Crippen LogP contribution in [-0.4, -0.2) is 43.0 Å². The average molecular weight is 480 g/mol. The molecule has 2 aromatic rings. The van der Waals surface area contributed by atoms with Gasteiger partial charge in [0.05, 0.1) is 43.1 Å². The Morgan fingerprint density at radius 2 is 1.68 bits per heavy atom. The standard InChI is InChI=1S/C24H21N3O6S/c1-32-23(30)20-19(14-6-4-3-5-7-14)17(12-25)22(26)27(21(20)24(31)33-2)15-8-10-16(11-9-15)34-13-18(28)29/h3-11,19H,13,26H2,1-2H3,(H,28,29). The Bertz CT molecular complexity index is 1220. The number of benzene rings is 2. The monoisotopic (exact) mass is 479 g/mol. The maximum absolute atomic E-state index is 13.0. The number of rotatable bonds is 7. The lowest BCUT2D eigenvalue weighted by Gasteiger charge is -2.35. The summed E-state index contributed by atoms with van der Waals surface area (Å²) in [5, 5.41) is 18.9. The number of allylic oxidation sites excluding steroid dienone is 1. The van der Waals surface area contributed by atoms with E-state index in [4.69, 9.17) is 20.3 Å². The molecule has 1 aliphatic rings. The number of hydrogen-bond donors (Lipinski definition) is 2. The highest BCUT2D eigenvalue weighted by Gasteiger charge is 2.42. The number of anilines is 1. The van der Waals surface area contributed by atoms with Gasteiger partial charge in [-0.3, -0.25) is 9.69 Å². The number of methoxy groups -OCH3 is 2. The number of nitrogens with zero attached hydrogens (tertiary/aromatic N) is 2. The van der Waals surface area contributed by atoms with Crippen molar-refractivity contribution in [1.82, 2.24) is 0 Å². The van der Waals surface area contributed by atoms with Gasteiger partial charge in [-0.2, -0.15) is 5.26 Å². The second-order valence-electron chi connectivity index (χ2n) is 7.01. The number of ether oxygens (including phenoxy) is 2. The van der Waals surface area contributed by atoms with Crippen molar-refractivity contribution in [3.05, 3.63) is 82.8 Å². The fourth-order valence-electron chi connectivity index (χ4n) is 3.62. The van der Waals surface area contributed by atoms with E-state index in [1.165, 1.54) is 19.1 Å². The Balaban J connectivity index is 2.25. The Morgan fingerprint density at radius 1 is 1.06 bits per heavy atom. The molecule has 3 rings (SSSR count). The van der Waals surface area contributed by atoms with E-state index in [9.17, 15) is 19.6 Å². The molecule has 10 heteroatoms. The Morgan fingerprint density at radius 3 is 2.21 bits per heavy atom. The molecule has 3 N–H and O–H groups in total. The fraction of sp³-hybridized carbons (Fsp3) is 0.167. The molecule has 0 spiro atoms. The van der Waals surface area contributed by atoms with Crippen LogP contribution in [0.15, 0.2) is 82.2 Å². The van der Waals surface area contributed by atoms with E-state index in [-0.39, 0.29) is 28.4 Å². The number of thioether (sulfide) groups is 1. The molecule has 34 heavy (non-hydrogen) atoms. The van der Waals surface area contributed by atoms with Gasteiger partial charge in [-0.15, -0.1) is 11.8 Å². The van der Waals surface area contributed by atoms with Crippen LogP contribution in [-0.2, 0) is 23.9 Å². The molecule has 0 aromatic heterocycles. The minimum absolute atomic E-state index is 0.0460. The lowest BCUT2D eigenvalue weighted by molar-refractivity contribution is -0.139. The summed E-state index contributed by atoms with van der Waals surface area (Å²) >= 11 is 1.12. The zero-order valence-corrected chi connectivity index (χ0v) is 19.2. The highest BCUT2D eigenvalue weighted by molar-refractivity contribution is 8.00. The summed E-state index contributed by atoms with van der Waals surface area (Å²) in [5.74, 6) is -3.73. The smallest absolute Gasteiger partial charge is 0.355 e. The third kappa shape index (κ3) is 4.74. The van der Waals surface area contributed by atoms with E-state index < -0.39 is 23.8 Å². The Hall–Kier alpha value is -4.23. The van der Waals surface area contributed by atoms with Gasteiger partial charge in [-0.25, -0.2) is 9.59 Å². The van der Waals surface area contributed by atoms with E-state index in [2.05, 4.69) is 6.07 Å². The number of carboxylic acids is 1. The van der Waals surface area contributed by atoms with Crippen LogP contribution in [0.4, 0.5) is 5.69 Å². The summed E-state index contributed by atoms with van der Waals surface area (Å²) in [5.41, 5.74) is 7.17. The first kappa shape index (κ1) is 24.4. The van der Waals surface area contributed by atoms with Gasteiger partial charge in [0.25, 0.3) is 0 Å². The largest absolute Gasteiger partial charge is 0.481 e. The maximum atomic E-state index is 13.0. The lowest BCUT2D eigenvalue weighted by Crippen LogP contribution is -2.40. The molecule has 9 nitrogen and oxygen atoms in total. The van der Waals surface area contributed by atoms with Gasteiger partial charge in [0, 0.05) is 10.6 Å². The molecular formula is C24H21N3O6S. The Labute approximate surface area is 200 Å². The zero-order valence-electron chi connectivity index (χ0n) is 18.3. The van der Waals surface area contributed by atoms with Crippen molar-refractivity contribution >= 4 is 35.4 Å². The second-order valence-corrected chi connectivity index (χ2v) is 8.06. The molecule has 0 bridgehead atoms. The number of nitrogens with two attached hydrogens (primary N) is 1. The fourth-order valence-corrected chi connectivity index (χ4v) is 4.24. The normalized spacial score (nSPS) is 15.6. The average Bonchev–Trinajstić information content (AvgIpc) is 2.86. The SMILES string of the molecule is COC(=O)C1=C(C(=O)OC)N(c2ccc(SCC(=O)O)cc2)C(N)=C(C#N)C1c1ccccc1. The number of aliphatic carboxylic acids is 1. The van der Waals surface area contributed by atoms with Crippen molar-refractivity contribution in [3.8, 4) is 6.07 Å². The molecule has 1 aliphatic heterocycles. The van der Waals surface area contributed by atoms with Crippen LogP contribution in [0.2, 0.25) is 0 Å². The molecule has 1 heterocycles. The van der Waals surface area contributed by atoms with Gasteiger partial charge < -0.3 is 20.3 Å². The summed E-state index contributed by atoms with van der Waals surface area (Å²) in [4.78, 5) is 38.8. The van der Waals surface area contributed by atoms with Crippen molar-refractivity contribution in [2.45, 2.75) is 10.8 Å². The Kier molecular flexibility index (Phi) is 7.60. The topological polar surface area (TPSA) is 143 Å². The van der Waals surface area contributed by atoms with Gasteiger partial charge in [-0.1, -0.05) is 30.3 Å². The zero-order chi connectivity index (χ0) is 24.8. The van der Waals surface area contributed by atoms with Gasteiger partial charge in [-0.05, 0) is 29.8 Å². The number of nitriles is 1. The minimum atomic E-state index is -0.957. The molecule has 0 aliphatic carbocycles. The van der Waals surface area contributed by atoms with Crippen LogP contribution in [0, 0.1) is 11.3 Å². The number of esters is 2. The summed E-state index contributed by atoms with van der Waals surface area (Å²) < 4.78 is 9.97. The summed E-state index contributed by atoms with van der Waals surface area (Å²) in [6, 6.07) is 17.3. The highest BCUT2D eigenvalue weighted by Crippen LogP contribution is 2.43. The van der Waals surface area contributed by atoms with Gasteiger partial charge in [0.1, 0.15) is 11.5 Å². The van der Waals surface area contributed by atoms with Crippen molar-refractivity contribution in [2.75, 3.05) is 24.9 Å². The van der Waals surface area contributed by atoms with Crippen LogP contribution >= 0.6 is 11.8 Å². The van der Waals surface area contributed by atoms with E-state index in [0.29, 0.717) is 16.1 Å². The number of carbonyl (C=O) groups is 3.